The second-order valence-corrected chi connectivity index (χ2v) is 8.20. The van der Waals surface area contributed by atoms with Gasteiger partial charge in [-0.3, -0.25) is 0 Å². The topological polar surface area (TPSA) is 89.8 Å². The molecule has 0 amide bonds. The SMILES string of the molecule is COc1ccc(Cc2nc3cnnc(OC(C)C)c3n2Cc2ccc(OC)cc2OC)c(OC)c1. The summed E-state index contributed by atoms with van der Waals surface area (Å²) in [6.45, 7) is 4.39. The van der Waals surface area contributed by atoms with E-state index in [2.05, 4.69) is 14.8 Å². The van der Waals surface area contributed by atoms with Gasteiger partial charge in [0, 0.05) is 29.7 Å². The summed E-state index contributed by atoms with van der Waals surface area (Å²) < 4.78 is 30.1. The van der Waals surface area contributed by atoms with Crippen LogP contribution in [0, 0.1) is 0 Å². The second-order valence-electron chi connectivity index (χ2n) is 8.20. The molecule has 0 saturated carbocycles. The standard InChI is InChI=1S/C26H30N4O5/c1-16(2)35-26-25-21(14-27-29-26)28-24(11-17-7-9-19(31-3)12-22(17)33-5)30(25)15-18-8-10-20(32-4)13-23(18)34-6/h7-10,12-14,16H,11,15H2,1-6H3. The summed E-state index contributed by atoms with van der Waals surface area (Å²) in [6.07, 6.45) is 2.10. The summed E-state index contributed by atoms with van der Waals surface area (Å²) >= 11 is 0. The highest BCUT2D eigenvalue weighted by Gasteiger charge is 2.21. The van der Waals surface area contributed by atoms with E-state index in [1.165, 1.54) is 0 Å². The molecule has 35 heavy (non-hydrogen) atoms. The predicted molar refractivity (Wildman–Crippen MR) is 132 cm³/mol. The highest BCUT2D eigenvalue weighted by molar-refractivity contribution is 5.80. The molecule has 0 aliphatic heterocycles. The van der Waals surface area contributed by atoms with Crippen LogP contribution < -0.4 is 23.7 Å². The maximum Gasteiger partial charge on any atom is 0.260 e. The highest BCUT2D eigenvalue weighted by atomic mass is 16.5. The number of methoxy groups -OCH3 is 4. The van der Waals surface area contributed by atoms with Gasteiger partial charge in [-0.2, -0.15) is 5.10 Å². The van der Waals surface area contributed by atoms with E-state index in [-0.39, 0.29) is 6.10 Å². The summed E-state index contributed by atoms with van der Waals surface area (Å²) in [4.78, 5) is 4.91. The van der Waals surface area contributed by atoms with Gasteiger partial charge in [-0.25, -0.2) is 4.98 Å². The largest absolute Gasteiger partial charge is 0.497 e. The smallest absolute Gasteiger partial charge is 0.260 e. The first-order valence-corrected chi connectivity index (χ1v) is 11.3. The molecule has 0 bridgehead atoms. The molecule has 4 aromatic rings. The molecule has 0 atom stereocenters. The molecule has 0 aliphatic rings. The van der Waals surface area contributed by atoms with Gasteiger partial charge in [0.25, 0.3) is 5.88 Å². The van der Waals surface area contributed by atoms with E-state index in [0.717, 1.165) is 39.7 Å². The lowest BCUT2D eigenvalue weighted by atomic mass is 10.1. The Bertz CT molecular complexity index is 1320. The van der Waals surface area contributed by atoms with Gasteiger partial charge in [0.2, 0.25) is 0 Å². The minimum Gasteiger partial charge on any atom is -0.497 e. The Hall–Kier alpha value is -4.01. The van der Waals surface area contributed by atoms with Crippen molar-refractivity contribution in [3.8, 4) is 28.9 Å². The van der Waals surface area contributed by atoms with E-state index >= 15 is 0 Å². The normalized spacial score (nSPS) is 11.1. The van der Waals surface area contributed by atoms with Gasteiger partial charge in [-0.15, -0.1) is 5.10 Å². The molecule has 0 fully saturated rings. The molecule has 2 aromatic carbocycles. The summed E-state index contributed by atoms with van der Waals surface area (Å²) in [6, 6.07) is 11.5. The first kappa shape index (κ1) is 24.1. The Morgan fingerprint density at radius 2 is 1.46 bits per heavy atom. The second kappa shape index (κ2) is 10.5. The van der Waals surface area contributed by atoms with Crippen LogP contribution in [-0.4, -0.2) is 54.3 Å². The molecule has 0 spiro atoms. The van der Waals surface area contributed by atoms with Crippen molar-refractivity contribution in [2.45, 2.75) is 32.9 Å². The average Bonchev–Trinajstić information content (AvgIpc) is 3.21. The molecule has 0 saturated heterocycles. The highest BCUT2D eigenvalue weighted by Crippen LogP contribution is 2.32. The lowest BCUT2D eigenvalue weighted by Crippen LogP contribution is -2.12. The summed E-state index contributed by atoms with van der Waals surface area (Å²) in [7, 11) is 6.55. The first-order chi connectivity index (χ1) is 17.0. The van der Waals surface area contributed by atoms with E-state index in [9.17, 15) is 0 Å². The zero-order valence-electron chi connectivity index (χ0n) is 20.9. The predicted octanol–water partition coefficient (Wildman–Crippen LogP) is 4.29. The fourth-order valence-corrected chi connectivity index (χ4v) is 3.95. The number of hydrogen-bond donors (Lipinski definition) is 0. The minimum atomic E-state index is -0.0705. The van der Waals surface area contributed by atoms with Crippen LogP contribution in [0.25, 0.3) is 11.0 Å². The molecule has 2 aromatic heterocycles. The van der Waals surface area contributed by atoms with Crippen molar-refractivity contribution < 1.29 is 23.7 Å². The number of nitrogens with zero attached hydrogens (tertiary/aromatic N) is 4. The van der Waals surface area contributed by atoms with E-state index in [4.69, 9.17) is 28.7 Å². The van der Waals surface area contributed by atoms with Gasteiger partial charge in [-0.05, 0) is 32.0 Å². The van der Waals surface area contributed by atoms with Crippen LogP contribution in [0.2, 0.25) is 0 Å². The van der Waals surface area contributed by atoms with Crippen molar-refractivity contribution in [2.24, 2.45) is 0 Å². The molecule has 0 unspecified atom stereocenters. The Labute approximate surface area is 204 Å². The van der Waals surface area contributed by atoms with Crippen LogP contribution in [0.15, 0.2) is 42.6 Å². The van der Waals surface area contributed by atoms with Crippen molar-refractivity contribution in [2.75, 3.05) is 28.4 Å². The van der Waals surface area contributed by atoms with Crippen LogP contribution in [0.1, 0.15) is 30.8 Å². The molecule has 2 heterocycles. The average molecular weight is 479 g/mol. The number of hydrogen-bond acceptors (Lipinski definition) is 8. The van der Waals surface area contributed by atoms with Crippen molar-refractivity contribution in [1.82, 2.24) is 19.7 Å². The first-order valence-electron chi connectivity index (χ1n) is 11.3. The summed E-state index contributed by atoms with van der Waals surface area (Å²) in [5.41, 5.74) is 3.40. The number of benzene rings is 2. The third-order valence-electron chi connectivity index (χ3n) is 5.62. The third kappa shape index (κ3) is 5.08. The van der Waals surface area contributed by atoms with Crippen LogP contribution in [0.4, 0.5) is 0 Å². The summed E-state index contributed by atoms with van der Waals surface area (Å²) in [5.74, 6) is 4.13. The van der Waals surface area contributed by atoms with Crippen LogP contribution in [0.3, 0.4) is 0 Å². The fourth-order valence-electron chi connectivity index (χ4n) is 3.95. The molecular weight excluding hydrogens is 448 g/mol. The molecule has 4 rings (SSSR count). The molecular formula is C26H30N4O5. The van der Waals surface area contributed by atoms with E-state index in [1.54, 1.807) is 34.6 Å². The van der Waals surface area contributed by atoms with Gasteiger partial charge >= 0.3 is 0 Å². The van der Waals surface area contributed by atoms with Crippen LogP contribution in [0.5, 0.6) is 28.9 Å². The molecule has 184 valence electrons. The third-order valence-corrected chi connectivity index (χ3v) is 5.62. The number of aromatic nitrogens is 4. The molecule has 9 nitrogen and oxygen atoms in total. The summed E-state index contributed by atoms with van der Waals surface area (Å²) in [5, 5.41) is 8.38. The Balaban J connectivity index is 1.86. The van der Waals surface area contributed by atoms with E-state index in [0.29, 0.717) is 30.1 Å². The fraction of sp³-hybridized carbons (Fsp3) is 0.346. The van der Waals surface area contributed by atoms with Gasteiger partial charge < -0.3 is 28.3 Å². The molecule has 9 heteroatoms. The van der Waals surface area contributed by atoms with Crippen LogP contribution >= 0.6 is 0 Å². The zero-order valence-corrected chi connectivity index (χ0v) is 20.9. The molecule has 0 radical (unpaired) electrons. The minimum absolute atomic E-state index is 0.0705. The quantitative estimate of drug-likeness (QED) is 0.334. The number of imidazole rings is 1. The van der Waals surface area contributed by atoms with Gasteiger partial charge in [-0.1, -0.05) is 6.07 Å². The van der Waals surface area contributed by atoms with E-state index in [1.807, 2.05) is 50.2 Å². The monoisotopic (exact) mass is 478 g/mol. The number of ether oxygens (including phenoxy) is 5. The van der Waals surface area contributed by atoms with Crippen molar-refractivity contribution >= 4 is 11.0 Å². The zero-order chi connectivity index (χ0) is 24.9. The van der Waals surface area contributed by atoms with Crippen molar-refractivity contribution in [3.05, 3.63) is 59.5 Å². The lowest BCUT2D eigenvalue weighted by Gasteiger charge is -2.16. The molecule has 0 N–H and O–H groups in total. The Morgan fingerprint density at radius 1 is 0.829 bits per heavy atom. The van der Waals surface area contributed by atoms with Gasteiger partial charge in [0.1, 0.15) is 39.9 Å². The van der Waals surface area contributed by atoms with Crippen molar-refractivity contribution in [1.29, 1.82) is 0 Å². The Kier molecular flexibility index (Phi) is 7.24. The van der Waals surface area contributed by atoms with Gasteiger partial charge in [0.15, 0.2) is 0 Å². The lowest BCUT2D eigenvalue weighted by molar-refractivity contribution is 0.232. The number of rotatable bonds is 10. The van der Waals surface area contributed by atoms with Crippen molar-refractivity contribution in [3.63, 3.8) is 0 Å². The Morgan fingerprint density at radius 3 is 2.06 bits per heavy atom. The van der Waals surface area contributed by atoms with Crippen LogP contribution in [-0.2, 0) is 13.0 Å². The number of fused-ring (bicyclic) bond motifs is 1. The maximum atomic E-state index is 6.01. The van der Waals surface area contributed by atoms with Gasteiger partial charge in [0.05, 0.1) is 47.3 Å². The van der Waals surface area contributed by atoms with E-state index < -0.39 is 0 Å². The maximum absolute atomic E-state index is 6.01. The molecule has 0 aliphatic carbocycles.